The van der Waals surface area contributed by atoms with E-state index >= 15 is 0 Å². The molecule has 0 N–H and O–H groups in total. The smallest absolute Gasteiger partial charge is 0.0990 e. The summed E-state index contributed by atoms with van der Waals surface area (Å²) in [5, 5.41) is 0. The van der Waals surface area contributed by atoms with E-state index in [-0.39, 0.29) is 12.1 Å². The average molecular weight is 178 g/mol. The molecule has 0 amide bonds. The SMILES string of the molecule is FCC1(c2ccccc2)CCCC1. The van der Waals surface area contributed by atoms with Crippen LogP contribution in [-0.4, -0.2) is 6.67 Å². The van der Waals surface area contributed by atoms with Crippen LogP contribution in [0.1, 0.15) is 31.2 Å². The van der Waals surface area contributed by atoms with Crippen molar-refractivity contribution >= 4 is 0 Å². The standard InChI is InChI=1S/C12H15F/c13-10-12(8-4-5-9-12)11-6-2-1-3-7-11/h1-3,6-7H,4-5,8-10H2. The normalized spacial score (nSPS) is 20.4. The number of alkyl halides is 1. The summed E-state index contributed by atoms with van der Waals surface area (Å²) in [5.74, 6) is 0. The van der Waals surface area contributed by atoms with Crippen molar-refractivity contribution in [2.24, 2.45) is 0 Å². The van der Waals surface area contributed by atoms with Gasteiger partial charge in [-0.25, -0.2) is 0 Å². The number of rotatable bonds is 2. The maximum absolute atomic E-state index is 13.0. The Morgan fingerprint density at radius 1 is 1.08 bits per heavy atom. The van der Waals surface area contributed by atoms with Gasteiger partial charge in [0.2, 0.25) is 0 Å². The van der Waals surface area contributed by atoms with Crippen LogP contribution in [0.25, 0.3) is 0 Å². The minimum atomic E-state index is -0.197. The summed E-state index contributed by atoms with van der Waals surface area (Å²) in [6, 6.07) is 10.1. The lowest BCUT2D eigenvalue weighted by Gasteiger charge is -2.25. The first-order chi connectivity index (χ1) is 6.37. The Labute approximate surface area is 78.8 Å². The third kappa shape index (κ3) is 1.48. The third-order valence-corrected chi connectivity index (χ3v) is 3.20. The topological polar surface area (TPSA) is 0 Å². The van der Waals surface area contributed by atoms with Crippen LogP contribution < -0.4 is 0 Å². The zero-order chi connectivity index (χ0) is 9.15. The highest BCUT2D eigenvalue weighted by atomic mass is 19.1. The van der Waals surface area contributed by atoms with Gasteiger partial charge in [-0.1, -0.05) is 43.2 Å². The van der Waals surface area contributed by atoms with Gasteiger partial charge in [-0.3, -0.25) is 4.39 Å². The molecule has 1 aliphatic rings. The van der Waals surface area contributed by atoms with Crippen LogP contribution in [0.5, 0.6) is 0 Å². The van der Waals surface area contributed by atoms with Gasteiger partial charge in [0.1, 0.15) is 0 Å². The van der Waals surface area contributed by atoms with E-state index in [0.717, 1.165) is 12.8 Å². The fourth-order valence-corrected chi connectivity index (χ4v) is 2.34. The molecule has 0 unspecified atom stereocenters. The molecule has 0 nitrogen and oxygen atoms in total. The molecule has 1 saturated carbocycles. The lowest BCUT2D eigenvalue weighted by Crippen LogP contribution is -2.24. The fraction of sp³-hybridized carbons (Fsp3) is 0.500. The number of hydrogen-bond acceptors (Lipinski definition) is 0. The van der Waals surface area contributed by atoms with Gasteiger partial charge in [0, 0.05) is 5.41 Å². The number of benzene rings is 1. The molecule has 0 saturated heterocycles. The molecule has 1 aliphatic carbocycles. The maximum Gasteiger partial charge on any atom is 0.0990 e. The van der Waals surface area contributed by atoms with Crippen molar-refractivity contribution in [2.75, 3.05) is 6.67 Å². The monoisotopic (exact) mass is 178 g/mol. The van der Waals surface area contributed by atoms with Gasteiger partial charge in [-0.15, -0.1) is 0 Å². The van der Waals surface area contributed by atoms with E-state index in [9.17, 15) is 4.39 Å². The molecular weight excluding hydrogens is 163 g/mol. The first-order valence-electron chi connectivity index (χ1n) is 4.99. The van der Waals surface area contributed by atoms with Crippen molar-refractivity contribution in [3.8, 4) is 0 Å². The van der Waals surface area contributed by atoms with Crippen LogP contribution in [-0.2, 0) is 5.41 Å². The van der Waals surface area contributed by atoms with Crippen molar-refractivity contribution in [1.82, 2.24) is 0 Å². The molecule has 0 bridgehead atoms. The van der Waals surface area contributed by atoms with E-state index in [2.05, 4.69) is 12.1 Å². The van der Waals surface area contributed by atoms with Gasteiger partial charge in [-0.2, -0.15) is 0 Å². The molecule has 0 atom stereocenters. The molecule has 0 spiro atoms. The first kappa shape index (κ1) is 8.74. The molecule has 1 heteroatoms. The van der Waals surface area contributed by atoms with E-state index in [4.69, 9.17) is 0 Å². The number of hydrogen-bond donors (Lipinski definition) is 0. The van der Waals surface area contributed by atoms with Crippen molar-refractivity contribution in [1.29, 1.82) is 0 Å². The second-order valence-corrected chi connectivity index (χ2v) is 3.99. The summed E-state index contributed by atoms with van der Waals surface area (Å²) in [6.07, 6.45) is 4.40. The largest absolute Gasteiger partial charge is 0.250 e. The Morgan fingerprint density at radius 2 is 1.69 bits per heavy atom. The van der Waals surface area contributed by atoms with E-state index in [1.54, 1.807) is 0 Å². The van der Waals surface area contributed by atoms with Crippen LogP contribution in [0.15, 0.2) is 30.3 Å². The quantitative estimate of drug-likeness (QED) is 0.650. The minimum absolute atomic E-state index is 0.138. The molecule has 0 radical (unpaired) electrons. The van der Waals surface area contributed by atoms with Gasteiger partial charge >= 0.3 is 0 Å². The summed E-state index contributed by atoms with van der Waals surface area (Å²) >= 11 is 0. The Bertz CT molecular complexity index is 260. The van der Waals surface area contributed by atoms with E-state index in [1.807, 2.05) is 18.2 Å². The third-order valence-electron chi connectivity index (χ3n) is 3.20. The predicted octanol–water partition coefficient (Wildman–Crippen LogP) is 3.47. The summed E-state index contributed by atoms with van der Waals surface area (Å²) in [6.45, 7) is -0.197. The van der Waals surface area contributed by atoms with Gasteiger partial charge < -0.3 is 0 Å². The summed E-state index contributed by atoms with van der Waals surface area (Å²) < 4.78 is 13.0. The van der Waals surface area contributed by atoms with Crippen LogP contribution in [0, 0.1) is 0 Å². The zero-order valence-corrected chi connectivity index (χ0v) is 7.80. The highest BCUT2D eigenvalue weighted by molar-refractivity contribution is 5.26. The van der Waals surface area contributed by atoms with Crippen LogP contribution >= 0.6 is 0 Å². The minimum Gasteiger partial charge on any atom is -0.250 e. The summed E-state index contributed by atoms with van der Waals surface area (Å²) in [5.41, 5.74) is 1.05. The zero-order valence-electron chi connectivity index (χ0n) is 7.80. The Balaban J connectivity index is 2.31. The Kier molecular flexibility index (Phi) is 2.34. The maximum atomic E-state index is 13.0. The van der Waals surface area contributed by atoms with Crippen LogP contribution in [0.2, 0.25) is 0 Å². The molecular formula is C12H15F. The average Bonchev–Trinajstić information content (AvgIpc) is 2.69. The van der Waals surface area contributed by atoms with E-state index in [1.165, 1.54) is 18.4 Å². The molecule has 70 valence electrons. The van der Waals surface area contributed by atoms with Crippen molar-refractivity contribution in [3.05, 3.63) is 35.9 Å². The van der Waals surface area contributed by atoms with Crippen molar-refractivity contribution in [3.63, 3.8) is 0 Å². The summed E-state index contributed by atoms with van der Waals surface area (Å²) in [7, 11) is 0. The highest BCUT2D eigenvalue weighted by Crippen LogP contribution is 2.41. The lowest BCUT2D eigenvalue weighted by molar-refractivity contribution is 0.309. The van der Waals surface area contributed by atoms with E-state index in [0.29, 0.717) is 0 Å². The second-order valence-electron chi connectivity index (χ2n) is 3.99. The molecule has 1 aromatic rings. The molecule has 2 rings (SSSR count). The molecule has 13 heavy (non-hydrogen) atoms. The molecule has 0 heterocycles. The highest BCUT2D eigenvalue weighted by Gasteiger charge is 2.35. The Morgan fingerprint density at radius 3 is 2.23 bits per heavy atom. The fourth-order valence-electron chi connectivity index (χ4n) is 2.34. The predicted molar refractivity (Wildman–Crippen MR) is 52.6 cm³/mol. The van der Waals surface area contributed by atoms with Gasteiger partial charge in [-0.05, 0) is 18.4 Å². The van der Waals surface area contributed by atoms with Crippen molar-refractivity contribution < 1.29 is 4.39 Å². The Hall–Kier alpha value is -0.850. The van der Waals surface area contributed by atoms with Crippen LogP contribution in [0.3, 0.4) is 0 Å². The molecule has 1 aromatic carbocycles. The number of halogens is 1. The molecule has 1 fully saturated rings. The van der Waals surface area contributed by atoms with E-state index < -0.39 is 0 Å². The summed E-state index contributed by atoms with van der Waals surface area (Å²) in [4.78, 5) is 0. The lowest BCUT2D eigenvalue weighted by atomic mass is 9.80. The van der Waals surface area contributed by atoms with Gasteiger partial charge in [0.05, 0.1) is 6.67 Å². The van der Waals surface area contributed by atoms with Crippen molar-refractivity contribution in [2.45, 2.75) is 31.1 Å². The molecule has 0 aliphatic heterocycles. The van der Waals surface area contributed by atoms with Crippen LogP contribution in [0.4, 0.5) is 4.39 Å². The first-order valence-corrected chi connectivity index (χ1v) is 4.99. The molecule has 0 aromatic heterocycles. The second kappa shape index (κ2) is 3.49. The van der Waals surface area contributed by atoms with Gasteiger partial charge in [0.15, 0.2) is 0 Å². The van der Waals surface area contributed by atoms with Gasteiger partial charge in [0.25, 0.3) is 0 Å².